The number of benzene rings is 2. The molecule has 1 amide bonds. The molecule has 4 fully saturated rings. The predicted octanol–water partition coefficient (Wildman–Crippen LogP) is 6.15. The van der Waals surface area contributed by atoms with Crippen molar-refractivity contribution in [1.82, 2.24) is 19.6 Å². The van der Waals surface area contributed by atoms with Crippen LogP contribution < -0.4 is 5.32 Å². The zero-order valence-corrected chi connectivity index (χ0v) is 21.3. The van der Waals surface area contributed by atoms with Crippen LogP contribution in [0.1, 0.15) is 65.7 Å². The van der Waals surface area contributed by atoms with Crippen molar-refractivity contribution in [3.05, 3.63) is 95.6 Å². The number of rotatable bonds is 6. The molecule has 6 heteroatoms. The van der Waals surface area contributed by atoms with Gasteiger partial charge in [0.1, 0.15) is 0 Å². The van der Waals surface area contributed by atoms with E-state index in [1.165, 1.54) is 49.7 Å². The number of amides is 1. The van der Waals surface area contributed by atoms with Gasteiger partial charge in [0.2, 0.25) is 0 Å². The summed E-state index contributed by atoms with van der Waals surface area (Å²) >= 11 is 0. The van der Waals surface area contributed by atoms with Crippen molar-refractivity contribution in [1.29, 1.82) is 0 Å². The Labute approximate surface area is 217 Å². The number of anilines is 1. The van der Waals surface area contributed by atoms with Crippen LogP contribution in [0.15, 0.2) is 73.2 Å². The van der Waals surface area contributed by atoms with Crippen LogP contribution in [-0.2, 0) is 12.0 Å². The fraction of sp³-hybridized carbons (Fsp3) is 0.387. The summed E-state index contributed by atoms with van der Waals surface area (Å²) in [5.41, 5.74) is 5.88. The van der Waals surface area contributed by atoms with Gasteiger partial charge in [0.05, 0.1) is 35.4 Å². The molecule has 0 saturated heterocycles. The molecule has 4 aliphatic rings. The highest BCUT2D eigenvalue weighted by Gasteiger charge is 2.53. The number of nitrogens with zero attached hydrogens (tertiary/aromatic N) is 4. The molecular formula is C31H33N5O. The molecule has 2 heterocycles. The first-order chi connectivity index (χ1) is 18.0. The lowest BCUT2D eigenvalue weighted by molar-refractivity contribution is -0.00765. The summed E-state index contributed by atoms with van der Waals surface area (Å²) in [6.07, 6.45) is 13.2. The number of para-hydroxylation sites is 1. The van der Waals surface area contributed by atoms with Crippen molar-refractivity contribution < 1.29 is 4.79 Å². The zero-order chi connectivity index (χ0) is 25.0. The molecule has 6 nitrogen and oxygen atoms in total. The number of aromatic nitrogens is 4. The summed E-state index contributed by atoms with van der Waals surface area (Å²) < 4.78 is 3.79. The van der Waals surface area contributed by atoms with Crippen LogP contribution in [0.2, 0.25) is 0 Å². The molecular weight excluding hydrogens is 458 g/mol. The molecule has 0 atom stereocenters. The van der Waals surface area contributed by atoms with Crippen LogP contribution in [0.5, 0.6) is 0 Å². The van der Waals surface area contributed by atoms with E-state index in [-0.39, 0.29) is 11.3 Å². The quantitative estimate of drug-likeness (QED) is 0.352. The molecule has 37 heavy (non-hydrogen) atoms. The lowest BCUT2D eigenvalue weighted by Crippen LogP contribution is -2.49. The van der Waals surface area contributed by atoms with E-state index in [0.29, 0.717) is 17.8 Å². The standard InChI is InChI=1S/C31H33N5O/c1-21-7-5-6-8-25(21)18-35-19-26(17-32-35)33-30(37)28-20-36(27-9-3-2-4-10-27)34-29(28)31-14-22-11-23(15-31)13-24(12-22)16-31/h2-10,17,19-20,22-24H,11-16,18H2,1H3,(H,33,37). The van der Waals surface area contributed by atoms with E-state index in [1.54, 1.807) is 6.20 Å². The van der Waals surface area contributed by atoms with Gasteiger partial charge in [-0.15, -0.1) is 0 Å². The van der Waals surface area contributed by atoms with Crippen molar-refractivity contribution in [2.24, 2.45) is 17.8 Å². The highest BCUT2D eigenvalue weighted by molar-refractivity contribution is 6.05. The fourth-order valence-electron chi connectivity index (χ4n) is 7.72. The van der Waals surface area contributed by atoms with Gasteiger partial charge in [-0.2, -0.15) is 10.2 Å². The van der Waals surface area contributed by atoms with E-state index in [1.807, 2.05) is 64.2 Å². The molecule has 0 spiro atoms. The maximum absolute atomic E-state index is 13.8. The van der Waals surface area contributed by atoms with Gasteiger partial charge in [0.25, 0.3) is 5.91 Å². The van der Waals surface area contributed by atoms with Gasteiger partial charge in [0.15, 0.2) is 0 Å². The third-order valence-corrected chi connectivity index (χ3v) is 9.00. The summed E-state index contributed by atoms with van der Waals surface area (Å²) in [6, 6.07) is 18.5. The number of aryl methyl sites for hydroxylation is 1. The van der Waals surface area contributed by atoms with Crippen molar-refractivity contribution in [3.8, 4) is 5.69 Å². The minimum atomic E-state index is -0.0941. The topological polar surface area (TPSA) is 64.7 Å². The van der Waals surface area contributed by atoms with Gasteiger partial charge in [-0.3, -0.25) is 9.48 Å². The Morgan fingerprint density at radius 2 is 1.62 bits per heavy atom. The lowest BCUT2D eigenvalue weighted by atomic mass is 9.48. The van der Waals surface area contributed by atoms with Crippen molar-refractivity contribution in [2.75, 3.05) is 5.32 Å². The second-order valence-electron chi connectivity index (χ2n) is 11.7. The highest BCUT2D eigenvalue weighted by Crippen LogP contribution is 2.60. The van der Waals surface area contributed by atoms with Crippen LogP contribution in [-0.4, -0.2) is 25.5 Å². The van der Waals surface area contributed by atoms with E-state index < -0.39 is 0 Å². The Morgan fingerprint density at radius 1 is 0.946 bits per heavy atom. The second kappa shape index (κ2) is 8.72. The largest absolute Gasteiger partial charge is 0.319 e. The Hall–Kier alpha value is -3.67. The normalized spacial score (nSPS) is 25.9. The molecule has 188 valence electrons. The van der Waals surface area contributed by atoms with Crippen LogP contribution in [0.25, 0.3) is 5.69 Å². The smallest absolute Gasteiger partial charge is 0.259 e. The Balaban J connectivity index is 1.20. The molecule has 8 rings (SSSR count). The van der Waals surface area contributed by atoms with E-state index in [2.05, 4.69) is 29.5 Å². The van der Waals surface area contributed by atoms with E-state index in [4.69, 9.17) is 5.10 Å². The van der Waals surface area contributed by atoms with Crippen molar-refractivity contribution in [3.63, 3.8) is 0 Å². The number of hydrogen-bond donors (Lipinski definition) is 1. The van der Waals surface area contributed by atoms with Gasteiger partial charge < -0.3 is 5.32 Å². The van der Waals surface area contributed by atoms with E-state index in [9.17, 15) is 4.79 Å². The average molecular weight is 492 g/mol. The monoisotopic (exact) mass is 491 g/mol. The fourth-order valence-corrected chi connectivity index (χ4v) is 7.72. The van der Waals surface area contributed by atoms with Crippen LogP contribution in [0.4, 0.5) is 5.69 Å². The molecule has 4 aliphatic carbocycles. The van der Waals surface area contributed by atoms with E-state index >= 15 is 0 Å². The molecule has 4 saturated carbocycles. The third-order valence-electron chi connectivity index (χ3n) is 9.00. The minimum Gasteiger partial charge on any atom is -0.319 e. The molecule has 2 aromatic heterocycles. The Kier molecular flexibility index (Phi) is 5.31. The third kappa shape index (κ3) is 4.08. The van der Waals surface area contributed by atoms with Crippen LogP contribution >= 0.6 is 0 Å². The first-order valence-corrected chi connectivity index (χ1v) is 13.6. The van der Waals surface area contributed by atoms with Crippen LogP contribution in [0.3, 0.4) is 0 Å². The van der Waals surface area contributed by atoms with Gasteiger partial charge in [-0.25, -0.2) is 4.68 Å². The summed E-state index contributed by atoms with van der Waals surface area (Å²) in [4.78, 5) is 13.8. The van der Waals surface area contributed by atoms with Gasteiger partial charge >= 0.3 is 0 Å². The first-order valence-electron chi connectivity index (χ1n) is 13.6. The summed E-state index contributed by atoms with van der Waals surface area (Å²) in [7, 11) is 0. The van der Waals surface area contributed by atoms with Crippen molar-refractivity contribution >= 4 is 11.6 Å². The maximum Gasteiger partial charge on any atom is 0.259 e. The molecule has 4 aromatic rings. The van der Waals surface area contributed by atoms with Crippen molar-refractivity contribution in [2.45, 2.75) is 57.4 Å². The van der Waals surface area contributed by atoms with Gasteiger partial charge in [-0.1, -0.05) is 42.5 Å². The zero-order valence-electron chi connectivity index (χ0n) is 21.3. The first kappa shape index (κ1) is 22.5. The lowest BCUT2D eigenvalue weighted by Gasteiger charge is -2.56. The summed E-state index contributed by atoms with van der Waals surface area (Å²) in [5, 5.41) is 12.8. The number of carbonyl (C=O) groups is 1. The number of hydrogen-bond acceptors (Lipinski definition) is 3. The summed E-state index contributed by atoms with van der Waals surface area (Å²) in [5.74, 6) is 2.25. The SMILES string of the molecule is Cc1ccccc1Cn1cc(NC(=O)c2cn(-c3ccccc3)nc2C23CC4CC(CC(C4)C2)C3)cn1. The average Bonchev–Trinajstić information content (AvgIpc) is 3.53. The van der Waals surface area contributed by atoms with Crippen LogP contribution in [0, 0.1) is 24.7 Å². The Bertz CT molecular complexity index is 1410. The number of nitrogens with one attached hydrogen (secondary N) is 1. The second-order valence-corrected chi connectivity index (χ2v) is 11.7. The highest BCUT2D eigenvalue weighted by atomic mass is 16.1. The molecule has 0 radical (unpaired) electrons. The predicted molar refractivity (Wildman–Crippen MR) is 144 cm³/mol. The molecule has 0 unspecified atom stereocenters. The summed E-state index contributed by atoms with van der Waals surface area (Å²) in [6.45, 7) is 2.78. The van der Waals surface area contributed by atoms with Gasteiger partial charge in [-0.05, 0) is 86.5 Å². The van der Waals surface area contributed by atoms with Gasteiger partial charge in [0, 0.05) is 17.8 Å². The molecule has 2 aromatic carbocycles. The Morgan fingerprint density at radius 3 is 2.32 bits per heavy atom. The minimum absolute atomic E-state index is 0.0243. The molecule has 1 N–H and O–H groups in total. The maximum atomic E-state index is 13.8. The number of carbonyl (C=O) groups excluding carboxylic acids is 1. The van der Waals surface area contributed by atoms with E-state index in [0.717, 1.165) is 29.1 Å². The molecule has 0 aliphatic heterocycles. The molecule has 4 bridgehead atoms.